The minimum Gasteiger partial charge on any atom is -0.392 e. The Morgan fingerprint density at radius 3 is 2.36 bits per heavy atom. The quantitative estimate of drug-likeness (QED) is 0.718. The van der Waals surface area contributed by atoms with Crippen LogP contribution in [0.25, 0.3) is 0 Å². The minimum atomic E-state index is -0.403. The first-order valence-corrected chi connectivity index (χ1v) is 8.70. The van der Waals surface area contributed by atoms with Crippen LogP contribution in [-0.2, 0) is 17.9 Å². The number of amides is 1. The van der Waals surface area contributed by atoms with E-state index in [2.05, 4.69) is 39.8 Å². The van der Waals surface area contributed by atoms with Crippen LogP contribution in [0.5, 0.6) is 0 Å². The Morgan fingerprint density at radius 2 is 1.76 bits per heavy atom. The Morgan fingerprint density at radius 1 is 1.12 bits per heavy atom. The molecule has 0 aromatic heterocycles. The Kier molecular flexibility index (Phi) is 9.75. The van der Waals surface area contributed by atoms with Crippen molar-refractivity contribution < 1.29 is 9.90 Å². The third-order valence-electron chi connectivity index (χ3n) is 4.77. The van der Waals surface area contributed by atoms with Crippen molar-refractivity contribution in [3.05, 3.63) is 35.4 Å². The number of hydrogen-bond donors (Lipinski definition) is 3. The van der Waals surface area contributed by atoms with Gasteiger partial charge in [0.25, 0.3) is 0 Å². The van der Waals surface area contributed by atoms with E-state index >= 15 is 0 Å². The van der Waals surface area contributed by atoms with Gasteiger partial charge in [0.1, 0.15) is 0 Å². The molecule has 2 saturated heterocycles. The average Bonchev–Trinajstić information content (AvgIpc) is 3.01. The third kappa shape index (κ3) is 6.76. The van der Waals surface area contributed by atoms with E-state index in [1.54, 1.807) is 0 Å². The van der Waals surface area contributed by atoms with Gasteiger partial charge in [0.05, 0.1) is 12.1 Å². The summed E-state index contributed by atoms with van der Waals surface area (Å²) in [4.78, 5) is 14.5. The summed E-state index contributed by atoms with van der Waals surface area (Å²) >= 11 is 0. The molecular weight excluding hydrogens is 361 g/mol. The van der Waals surface area contributed by atoms with E-state index in [9.17, 15) is 9.90 Å². The largest absolute Gasteiger partial charge is 0.392 e. The molecule has 3 N–H and O–H groups in total. The Labute approximate surface area is 162 Å². The van der Waals surface area contributed by atoms with Crippen molar-refractivity contribution in [2.24, 2.45) is 0 Å². The van der Waals surface area contributed by atoms with Crippen molar-refractivity contribution in [1.29, 1.82) is 0 Å². The van der Waals surface area contributed by atoms with Gasteiger partial charge in [-0.25, -0.2) is 0 Å². The third-order valence-corrected chi connectivity index (χ3v) is 4.77. The summed E-state index contributed by atoms with van der Waals surface area (Å²) in [7, 11) is 0. The number of carbonyl (C=O) groups excluding carboxylic acids is 1. The molecule has 2 aliphatic rings. The fourth-order valence-corrected chi connectivity index (χ4v) is 3.37. The van der Waals surface area contributed by atoms with Crippen LogP contribution in [-0.4, -0.2) is 47.7 Å². The molecule has 2 atom stereocenters. The second-order valence-corrected chi connectivity index (χ2v) is 6.72. The summed E-state index contributed by atoms with van der Waals surface area (Å²) in [5.74, 6) is -0.0288. The van der Waals surface area contributed by atoms with E-state index in [4.69, 9.17) is 0 Å². The van der Waals surface area contributed by atoms with E-state index in [0.717, 1.165) is 12.1 Å². The molecule has 0 radical (unpaired) electrons. The maximum Gasteiger partial charge on any atom is 0.237 e. The molecule has 0 aliphatic carbocycles. The predicted octanol–water partition coefficient (Wildman–Crippen LogP) is 1.86. The molecule has 0 spiro atoms. The highest BCUT2D eigenvalue weighted by Crippen LogP contribution is 2.14. The molecule has 5 nitrogen and oxygen atoms in total. The Bertz CT molecular complexity index is 522. The van der Waals surface area contributed by atoms with Crippen LogP contribution in [0.4, 0.5) is 0 Å². The number of nitrogens with one attached hydrogen (secondary N) is 2. The van der Waals surface area contributed by atoms with Crippen molar-refractivity contribution in [1.82, 2.24) is 15.5 Å². The summed E-state index contributed by atoms with van der Waals surface area (Å²) in [6.45, 7) is 4.48. The van der Waals surface area contributed by atoms with Crippen LogP contribution in [0.15, 0.2) is 24.3 Å². The van der Waals surface area contributed by atoms with Gasteiger partial charge in [0.2, 0.25) is 5.91 Å². The molecule has 2 aliphatic heterocycles. The van der Waals surface area contributed by atoms with E-state index in [1.165, 1.54) is 37.9 Å². The van der Waals surface area contributed by atoms with Gasteiger partial charge in [-0.1, -0.05) is 30.7 Å². The Balaban J connectivity index is 0.00000156. The van der Waals surface area contributed by atoms with Crippen LogP contribution in [0.2, 0.25) is 0 Å². The summed E-state index contributed by atoms with van der Waals surface area (Å²) in [5, 5.41) is 15.4. The van der Waals surface area contributed by atoms with Gasteiger partial charge in [0, 0.05) is 19.6 Å². The SMILES string of the molecule is Cl.Cl.O=C(NCc1ccc(CN2CCCCC2)cc1)C1CC(O)CN1. The highest BCUT2D eigenvalue weighted by atomic mass is 35.5. The summed E-state index contributed by atoms with van der Waals surface area (Å²) in [6, 6.07) is 8.25. The molecule has 2 unspecified atom stereocenters. The lowest BCUT2D eigenvalue weighted by Crippen LogP contribution is -2.40. The molecule has 0 bridgehead atoms. The number of likely N-dealkylation sites (tertiary alicyclic amines) is 1. The summed E-state index contributed by atoms with van der Waals surface area (Å²) in [5.41, 5.74) is 2.45. The van der Waals surface area contributed by atoms with Gasteiger partial charge in [-0.15, -0.1) is 24.8 Å². The van der Waals surface area contributed by atoms with Gasteiger partial charge in [0.15, 0.2) is 0 Å². The lowest BCUT2D eigenvalue weighted by atomic mass is 10.1. The zero-order chi connectivity index (χ0) is 16.1. The van der Waals surface area contributed by atoms with Gasteiger partial charge < -0.3 is 15.7 Å². The molecule has 2 fully saturated rings. The van der Waals surface area contributed by atoms with Crippen molar-refractivity contribution >= 4 is 30.7 Å². The van der Waals surface area contributed by atoms with E-state index in [1.807, 2.05) is 0 Å². The van der Waals surface area contributed by atoms with Crippen molar-refractivity contribution in [2.45, 2.75) is 50.9 Å². The standard InChI is InChI=1S/C18H27N3O2.2ClH/c22-16-10-17(19-12-16)18(23)20-11-14-4-6-15(7-5-14)13-21-8-2-1-3-9-21;;/h4-7,16-17,19,22H,1-3,8-13H2,(H,20,23);2*1H. The summed E-state index contributed by atoms with van der Waals surface area (Å²) in [6.07, 6.45) is 4.09. The Hall–Kier alpha value is -0.850. The van der Waals surface area contributed by atoms with Crippen LogP contribution >= 0.6 is 24.8 Å². The van der Waals surface area contributed by atoms with Crippen LogP contribution in [0.1, 0.15) is 36.8 Å². The molecule has 25 heavy (non-hydrogen) atoms. The predicted molar refractivity (Wildman–Crippen MR) is 104 cm³/mol. The van der Waals surface area contributed by atoms with Gasteiger partial charge in [-0.05, 0) is 43.5 Å². The first-order valence-electron chi connectivity index (χ1n) is 8.70. The number of benzene rings is 1. The fraction of sp³-hybridized carbons (Fsp3) is 0.611. The number of hydrogen-bond acceptors (Lipinski definition) is 4. The molecule has 7 heteroatoms. The number of nitrogens with zero attached hydrogens (tertiary/aromatic N) is 1. The number of β-amino-alcohol motifs (C(OH)–C–C–N with tert-alkyl or cyclic N) is 1. The minimum absolute atomic E-state index is 0. The number of carbonyl (C=O) groups is 1. The van der Waals surface area contributed by atoms with Gasteiger partial charge >= 0.3 is 0 Å². The highest BCUT2D eigenvalue weighted by Gasteiger charge is 2.27. The topological polar surface area (TPSA) is 64.6 Å². The van der Waals surface area contributed by atoms with Crippen LogP contribution in [0.3, 0.4) is 0 Å². The molecule has 1 amide bonds. The smallest absolute Gasteiger partial charge is 0.237 e. The second-order valence-electron chi connectivity index (χ2n) is 6.72. The van der Waals surface area contributed by atoms with Crippen LogP contribution < -0.4 is 10.6 Å². The van der Waals surface area contributed by atoms with E-state index < -0.39 is 6.10 Å². The zero-order valence-corrected chi connectivity index (χ0v) is 16.1. The highest BCUT2D eigenvalue weighted by molar-refractivity contribution is 5.85. The second kappa shape index (κ2) is 11.0. The molecule has 1 aromatic rings. The van der Waals surface area contributed by atoms with Gasteiger partial charge in [-0.2, -0.15) is 0 Å². The molecule has 2 heterocycles. The monoisotopic (exact) mass is 389 g/mol. The average molecular weight is 390 g/mol. The van der Waals surface area contributed by atoms with Crippen LogP contribution in [0, 0.1) is 0 Å². The van der Waals surface area contributed by atoms with Crippen molar-refractivity contribution in [2.75, 3.05) is 19.6 Å². The lowest BCUT2D eigenvalue weighted by Gasteiger charge is -2.26. The first-order chi connectivity index (χ1) is 11.2. The fourth-order valence-electron chi connectivity index (χ4n) is 3.37. The van der Waals surface area contributed by atoms with E-state index in [-0.39, 0.29) is 36.8 Å². The zero-order valence-electron chi connectivity index (χ0n) is 14.4. The molecule has 1 aromatic carbocycles. The number of halogens is 2. The van der Waals surface area contributed by atoms with Crippen molar-refractivity contribution in [3.8, 4) is 0 Å². The van der Waals surface area contributed by atoms with Gasteiger partial charge in [-0.3, -0.25) is 9.69 Å². The lowest BCUT2D eigenvalue weighted by molar-refractivity contribution is -0.123. The summed E-state index contributed by atoms with van der Waals surface area (Å²) < 4.78 is 0. The van der Waals surface area contributed by atoms with Crippen molar-refractivity contribution in [3.63, 3.8) is 0 Å². The number of rotatable bonds is 5. The maximum absolute atomic E-state index is 12.0. The molecule has 0 saturated carbocycles. The first kappa shape index (κ1) is 22.2. The normalized spacial score (nSPS) is 23.4. The number of piperidine rings is 1. The molecular formula is C18H29Cl2N3O2. The number of aliphatic hydroxyl groups excluding tert-OH is 1. The van der Waals surface area contributed by atoms with E-state index in [0.29, 0.717) is 19.5 Å². The maximum atomic E-state index is 12.0. The molecule has 3 rings (SSSR count). The molecule has 142 valence electrons. The number of aliphatic hydroxyl groups is 1.